The Balaban J connectivity index is 2.11. The van der Waals surface area contributed by atoms with Crippen LogP contribution in [0.15, 0.2) is 36.8 Å². The highest BCUT2D eigenvalue weighted by molar-refractivity contribution is 5.95. The second kappa shape index (κ2) is 5.39. The van der Waals surface area contributed by atoms with Gasteiger partial charge in [0.15, 0.2) is 5.78 Å². The lowest BCUT2D eigenvalue weighted by molar-refractivity contribution is 0.0985. The Labute approximate surface area is 100 Å². The van der Waals surface area contributed by atoms with Crippen LogP contribution in [0.1, 0.15) is 29.7 Å². The quantitative estimate of drug-likeness (QED) is 0.738. The molecule has 4 nitrogen and oxygen atoms in total. The van der Waals surface area contributed by atoms with Gasteiger partial charge in [0.1, 0.15) is 11.5 Å². The molecule has 0 atom stereocenters. The first-order valence-corrected chi connectivity index (χ1v) is 5.75. The lowest BCUT2D eigenvalue weighted by atomic mass is 10.2. The van der Waals surface area contributed by atoms with Crippen LogP contribution in [0.3, 0.4) is 0 Å². The molecule has 0 spiro atoms. The van der Waals surface area contributed by atoms with Crippen molar-refractivity contribution in [3.63, 3.8) is 0 Å². The maximum atomic E-state index is 12.0. The number of nitrogens with zero attached hydrogens (tertiary/aromatic N) is 3. The summed E-state index contributed by atoms with van der Waals surface area (Å²) in [5.74, 6) is 0.816. The Bertz CT molecular complexity index is 490. The van der Waals surface area contributed by atoms with Crippen molar-refractivity contribution in [2.75, 3.05) is 0 Å². The number of imidazole rings is 1. The molecule has 0 aliphatic heterocycles. The van der Waals surface area contributed by atoms with Crippen molar-refractivity contribution in [2.24, 2.45) is 0 Å². The summed E-state index contributed by atoms with van der Waals surface area (Å²) in [4.78, 5) is 20.2. The number of ketones is 1. The molecular weight excluding hydrogens is 214 g/mol. The van der Waals surface area contributed by atoms with Crippen LogP contribution in [0.25, 0.3) is 0 Å². The Hall–Kier alpha value is -1.97. The van der Waals surface area contributed by atoms with Crippen LogP contribution in [0.5, 0.6) is 0 Å². The van der Waals surface area contributed by atoms with Crippen molar-refractivity contribution in [3.05, 3.63) is 48.3 Å². The zero-order valence-electron chi connectivity index (χ0n) is 9.84. The van der Waals surface area contributed by atoms with Gasteiger partial charge in [-0.2, -0.15) is 0 Å². The topological polar surface area (TPSA) is 47.8 Å². The third-order valence-corrected chi connectivity index (χ3v) is 2.54. The summed E-state index contributed by atoms with van der Waals surface area (Å²) in [6.45, 7) is 3.00. The Morgan fingerprint density at radius 3 is 2.88 bits per heavy atom. The summed E-state index contributed by atoms with van der Waals surface area (Å²) in [5.41, 5.74) is 0.499. The van der Waals surface area contributed by atoms with E-state index in [9.17, 15) is 4.79 Å². The van der Waals surface area contributed by atoms with Gasteiger partial charge in [0, 0.05) is 25.1 Å². The van der Waals surface area contributed by atoms with E-state index in [1.165, 1.54) is 0 Å². The molecule has 0 amide bonds. The minimum Gasteiger partial charge on any atom is -0.335 e. The molecule has 0 saturated heterocycles. The van der Waals surface area contributed by atoms with E-state index in [2.05, 4.69) is 16.9 Å². The lowest BCUT2D eigenvalue weighted by Gasteiger charge is -2.05. The van der Waals surface area contributed by atoms with Crippen LogP contribution in [0.2, 0.25) is 0 Å². The molecule has 0 aromatic carbocycles. The monoisotopic (exact) mass is 229 g/mol. The van der Waals surface area contributed by atoms with Gasteiger partial charge in [-0.15, -0.1) is 0 Å². The average Bonchev–Trinajstić information content (AvgIpc) is 2.78. The van der Waals surface area contributed by atoms with Gasteiger partial charge in [-0.1, -0.05) is 13.0 Å². The molecule has 0 unspecified atom stereocenters. The molecule has 0 saturated carbocycles. The molecule has 2 rings (SSSR count). The average molecular weight is 229 g/mol. The fourth-order valence-electron chi connectivity index (χ4n) is 1.71. The number of carbonyl (C=O) groups is 1. The van der Waals surface area contributed by atoms with Gasteiger partial charge in [-0.05, 0) is 18.6 Å². The number of hydrogen-bond donors (Lipinski definition) is 0. The van der Waals surface area contributed by atoms with Crippen molar-refractivity contribution in [2.45, 2.75) is 26.3 Å². The first kappa shape index (κ1) is 11.5. The van der Waals surface area contributed by atoms with Gasteiger partial charge in [-0.3, -0.25) is 9.78 Å². The van der Waals surface area contributed by atoms with E-state index in [0.717, 1.165) is 18.8 Å². The van der Waals surface area contributed by atoms with E-state index < -0.39 is 0 Å². The molecule has 4 heteroatoms. The highest BCUT2D eigenvalue weighted by Gasteiger charge is 2.11. The zero-order chi connectivity index (χ0) is 12.1. The van der Waals surface area contributed by atoms with Gasteiger partial charge in [-0.25, -0.2) is 4.98 Å². The SMILES string of the molecule is CCCn1ccnc1CC(=O)c1ccccn1. The number of hydrogen-bond acceptors (Lipinski definition) is 3. The molecule has 2 heterocycles. The van der Waals surface area contributed by atoms with Crippen molar-refractivity contribution >= 4 is 5.78 Å². The van der Waals surface area contributed by atoms with Gasteiger partial charge in [0.25, 0.3) is 0 Å². The first-order valence-electron chi connectivity index (χ1n) is 5.75. The summed E-state index contributed by atoms with van der Waals surface area (Å²) in [7, 11) is 0. The first-order chi connectivity index (χ1) is 8.31. The highest BCUT2D eigenvalue weighted by atomic mass is 16.1. The Kier molecular flexibility index (Phi) is 3.65. The minimum absolute atomic E-state index is 0.00848. The highest BCUT2D eigenvalue weighted by Crippen LogP contribution is 2.05. The van der Waals surface area contributed by atoms with Gasteiger partial charge >= 0.3 is 0 Å². The Morgan fingerprint density at radius 1 is 1.29 bits per heavy atom. The fourth-order valence-corrected chi connectivity index (χ4v) is 1.71. The summed E-state index contributed by atoms with van der Waals surface area (Å²) in [6, 6.07) is 5.35. The van der Waals surface area contributed by atoms with E-state index >= 15 is 0 Å². The molecule has 88 valence electrons. The number of aromatic nitrogens is 3. The number of Topliss-reactive ketones (excluding diaryl/α,β-unsaturated/α-hetero) is 1. The molecular formula is C13H15N3O. The predicted molar refractivity (Wildman–Crippen MR) is 64.8 cm³/mol. The van der Waals surface area contributed by atoms with Gasteiger partial charge in [0.05, 0.1) is 6.42 Å². The smallest absolute Gasteiger partial charge is 0.188 e. The summed E-state index contributed by atoms with van der Waals surface area (Å²) in [5, 5.41) is 0. The second-order valence-electron chi connectivity index (χ2n) is 3.85. The number of aryl methyl sites for hydroxylation is 1. The normalized spacial score (nSPS) is 10.4. The van der Waals surface area contributed by atoms with Crippen molar-refractivity contribution in [1.82, 2.24) is 14.5 Å². The summed E-state index contributed by atoms with van der Waals surface area (Å²) >= 11 is 0. The Morgan fingerprint density at radius 2 is 2.18 bits per heavy atom. The van der Waals surface area contributed by atoms with Crippen LogP contribution in [-0.4, -0.2) is 20.3 Å². The van der Waals surface area contributed by atoms with E-state index in [-0.39, 0.29) is 5.78 Å². The van der Waals surface area contributed by atoms with Crippen molar-refractivity contribution < 1.29 is 4.79 Å². The van der Waals surface area contributed by atoms with E-state index in [1.807, 2.05) is 16.8 Å². The molecule has 0 radical (unpaired) electrons. The lowest BCUT2D eigenvalue weighted by Crippen LogP contribution is -2.11. The number of carbonyl (C=O) groups excluding carboxylic acids is 1. The van der Waals surface area contributed by atoms with Crippen LogP contribution in [0.4, 0.5) is 0 Å². The maximum absolute atomic E-state index is 12.0. The summed E-state index contributed by atoms with van der Waals surface area (Å²) < 4.78 is 2.01. The molecule has 0 fully saturated rings. The third-order valence-electron chi connectivity index (χ3n) is 2.54. The molecule has 0 N–H and O–H groups in total. The zero-order valence-corrected chi connectivity index (χ0v) is 9.84. The largest absolute Gasteiger partial charge is 0.335 e. The van der Waals surface area contributed by atoms with Crippen molar-refractivity contribution in [1.29, 1.82) is 0 Å². The number of pyridine rings is 1. The molecule has 0 bridgehead atoms. The van der Waals surface area contributed by atoms with E-state index in [1.54, 1.807) is 24.5 Å². The predicted octanol–water partition coefficient (Wildman–Crippen LogP) is 2.11. The molecule has 0 aliphatic rings. The van der Waals surface area contributed by atoms with E-state index in [0.29, 0.717) is 12.1 Å². The van der Waals surface area contributed by atoms with Crippen LogP contribution >= 0.6 is 0 Å². The summed E-state index contributed by atoms with van der Waals surface area (Å²) in [6.07, 6.45) is 6.61. The molecule has 17 heavy (non-hydrogen) atoms. The molecule has 0 aliphatic carbocycles. The van der Waals surface area contributed by atoms with Gasteiger partial charge < -0.3 is 4.57 Å². The van der Waals surface area contributed by atoms with Crippen LogP contribution in [-0.2, 0) is 13.0 Å². The van der Waals surface area contributed by atoms with Crippen molar-refractivity contribution in [3.8, 4) is 0 Å². The minimum atomic E-state index is 0.00848. The maximum Gasteiger partial charge on any atom is 0.188 e. The second-order valence-corrected chi connectivity index (χ2v) is 3.85. The molecule has 2 aromatic heterocycles. The van der Waals surface area contributed by atoms with Crippen LogP contribution in [0, 0.1) is 0 Å². The van der Waals surface area contributed by atoms with E-state index in [4.69, 9.17) is 0 Å². The van der Waals surface area contributed by atoms with Gasteiger partial charge in [0.2, 0.25) is 0 Å². The third kappa shape index (κ3) is 2.78. The fraction of sp³-hybridized carbons (Fsp3) is 0.308. The molecule has 2 aromatic rings. The number of rotatable bonds is 5. The van der Waals surface area contributed by atoms with Crippen LogP contribution < -0.4 is 0 Å². The standard InChI is InChI=1S/C13H15N3O/c1-2-8-16-9-7-15-13(16)10-12(17)11-5-3-4-6-14-11/h3-7,9H,2,8,10H2,1H3.